The summed E-state index contributed by atoms with van der Waals surface area (Å²) in [5.74, 6) is 0.145. The molecule has 0 aliphatic heterocycles. The first kappa shape index (κ1) is 15.4. The molecule has 0 aliphatic rings. The smallest absolute Gasteiger partial charge is 0.241 e. The van der Waals surface area contributed by atoms with Crippen LogP contribution in [-0.2, 0) is 10.0 Å². The van der Waals surface area contributed by atoms with Crippen LogP contribution in [0.3, 0.4) is 0 Å². The van der Waals surface area contributed by atoms with Crippen molar-refractivity contribution in [3.05, 3.63) is 36.7 Å². The van der Waals surface area contributed by atoms with E-state index >= 15 is 0 Å². The van der Waals surface area contributed by atoms with E-state index in [-0.39, 0.29) is 10.8 Å². The van der Waals surface area contributed by atoms with E-state index in [2.05, 4.69) is 14.7 Å². The van der Waals surface area contributed by atoms with Gasteiger partial charge in [-0.1, -0.05) is 18.2 Å². The minimum Gasteiger partial charge on any atom is -0.368 e. The SMILES string of the molecule is CC(C)(C)NS(=O)(=O)c1ccccc1-c1cnc(N)nc1. The van der Waals surface area contributed by atoms with E-state index in [1.165, 1.54) is 12.4 Å². The minimum absolute atomic E-state index is 0.145. The molecule has 2 aromatic rings. The van der Waals surface area contributed by atoms with Gasteiger partial charge in [0.1, 0.15) is 0 Å². The zero-order valence-corrected chi connectivity index (χ0v) is 13.0. The lowest BCUT2D eigenvalue weighted by Gasteiger charge is -2.21. The van der Waals surface area contributed by atoms with E-state index in [9.17, 15) is 8.42 Å². The lowest BCUT2D eigenvalue weighted by atomic mass is 10.1. The molecule has 0 atom stereocenters. The van der Waals surface area contributed by atoms with Crippen LogP contribution in [0.2, 0.25) is 0 Å². The van der Waals surface area contributed by atoms with Crippen molar-refractivity contribution in [3.8, 4) is 11.1 Å². The molecule has 1 heterocycles. The van der Waals surface area contributed by atoms with Crippen molar-refractivity contribution in [2.45, 2.75) is 31.2 Å². The molecule has 7 heteroatoms. The standard InChI is InChI=1S/C14H18N4O2S/c1-14(2,3)18-21(19,20)12-7-5-4-6-11(12)10-8-16-13(15)17-9-10/h4-9,18H,1-3H3,(H2,15,16,17). The van der Waals surface area contributed by atoms with Gasteiger partial charge in [0, 0.05) is 29.1 Å². The van der Waals surface area contributed by atoms with E-state index in [0.717, 1.165) is 0 Å². The number of hydrogen-bond acceptors (Lipinski definition) is 5. The Hall–Kier alpha value is -1.99. The van der Waals surface area contributed by atoms with Gasteiger partial charge in [0.25, 0.3) is 0 Å². The maximum atomic E-state index is 12.5. The fourth-order valence-corrected chi connectivity index (χ4v) is 3.52. The second kappa shape index (κ2) is 5.42. The van der Waals surface area contributed by atoms with Gasteiger partial charge in [-0.3, -0.25) is 0 Å². The molecule has 0 fully saturated rings. The fraction of sp³-hybridized carbons (Fsp3) is 0.286. The average Bonchev–Trinajstić information content (AvgIpc) is 2.37. The first-order chi connectivity index (χ1) is 9.69. The lowest BCUT2D eigenvalue weighted by Crippen LogP contribution is -2.40. The Labute approximate surface area is 124 Å². The van der Waals surface area contributed by atoms with Gasteiger partial charge in [-0.25, -0.2) is 23.1 Å². The van der Waals surface area contributed by atoms with Crippen LogP contribution >= 0.6 is 0 Å². The lowest BCUT2D eigenvalue weighted by molar-refractivity contribution is 0.491. The predicted molar refractivity (Wildman–Crippen MR) is 82.0 cm³/mol. The zero-order valence-electron chi connectivity index (χ0n) is 12.2. The molecule has 0 amide bonds. The van der Waals surface area contributed by atoms with Crippen molar-refractivity contribution in [1.82, 2.24) is 14.7 Å². The molecular formula is C14H18N4O2S. The monoisotopic (exact) mass is 306 g/mol. The quantitative estimate of drug-likeness (QED) is 0.901. The summed E-state index contributed by atoms with van der Waals surface area (Å²) < 4.78 is 27.7. The van der Waals surface area contributed by atoms with E-state index in [1.807, 2.05) is 0 Å². The first-order valence-corrected chi connectivity index (χ1v) is 7.88. The predicted octanol–water partition coefficient (Wildman–Crippen LogP) is 1.80. The van der Waals surface area contributed by atoms with Crippen molar-refractivity contribution >= 4 is 16.0 Å². The number of nitrogen functional groups attached to an aromatic ring is 1. The van der Waals surface area contributed by atoms with E-state index < -0.39 is 15.6 Å². The maximum Gasteiger partial charge on any atom is 0.241 e. The third-order valence-electron chi connectivity index (χ3n) is 2.60. The molecule has 0 spiro atoms. The molecule has 1 aromatic heterocycles. The molecule has 6 nitrogen and oxygen atoms in total. The van der Waals surface area contributed by atoms with Gasteiger partial charge in [0.2, 0.25) is 16.0 Å². The molecule has 21 heavy (non-hydrogen) atoms. The zero-order chi connectivity index (χ0) is 15.7. The molecule has 2 rings (SSSR count). The maximum absolute atomic E-state index is 12.5. The summed E-state index contributed by atoms with van der Waals surface area (Å²) >= 11 is 0. The van der Waals surface area contributed by atoms with Crippen LogP contribution in [0.25, 0.3) is 11.1 Å². The number of nitrogens with one attached hydrogen (secondary N) is 1. The highest BCUT2D eigenvalue weighted by molar-refractivity contribution is 7.89. The molecule has 3 N–H and O–H groups in total. The Balaban J connectivity index is 2.54. The van der Waals surface area contributed by atoms with Gasteiger partial charge < -0.3 is 5.73 Å². The van der Waals surface area contributed by atoms with Gasteiger partial charge in [-0.05, 0) is 26.8 Å². The summed E-state index contributed by atoms with van der Waals surface area (Å²) in [6, 6.07) is 6.71. The molecule has 0 saturated heterocycles. The molecule has 0 aliphatic carbocycles. The first-order valence-electron chi connectivity index (χ1n) is 6.40. The summed E-state index contributed by atoms with van der Waals surface area (Å²) in [6.45, 7) is 5.37. The molecule has 0 unspecified atom stereocenters. The Morgan fingerprint density at radius 3 is 2.24 bits per heavy atom. The topological polar surface area (TPSA) is 98.0 Å². The van der Waals surface area contributed by atoms with Crippen LogP contribution in [0.4, 0.5) is 5.95 Å². The van der Waals surface area contributed by atoms with E-state index in [0.29, 0.717) is 11.1 Å². The van der Waals surface area contributed by atoms with Crippen molar-refractivity contribution in [3.63, 3.8) is 0 Å². The van der Waals surface area contributed by atoms with Crippen LogP contribution in [0.15, 0.2) is 41.6 Å². The summed E-state index contributed by atoms with van der Waals surface area (Å²) in [4.78, 5) is 8.00. The molecule has 1 aromatic carbocycles. The van der Waals surface area contributed by atoms with E-state index in [4.69, 9.17) is 5.73 Å². The largest absolute Gasteiger partial charge is 0.368 e. The second-order valence-electron chi connectivity index (χ2n) is 5.68. The highest BCUT2D eigenvalue weighted by Crippen LogP contribution is 2.27. The third kappa shape index (κ3) is 3.77. The summed E-state index contributed by atoms with van der Waals surface area (Å²) in [6.07, 6.45) is 3.02. The highest BCUT2D eigenvalue weighted by Gasteiger charge is 2.24. The van der Waals surface area contributed by atoms with E-state index in [1.54, 1.807) is 45.0 Å². The van der Waals surface area contributed by atoms with Crippen LogP contribution in [0, 0.1) is 0 Å². The van der Waals surface area contributed by atoms with Gasteiger partial charge in [-0.15, -0.1) is 0 Å². The summed E-state index contributed by atoms with van der Waals surface area (Å²) in [5, 5.41) is 0. The minimum atomic E-state index is -3.64. The summed E-state index contributed by atoms with van der Waals surface area (Å²) in [7, 11) is -3.64. The van der Waals surface area contributed by atoms with Crippen molar-refractivity contribution in [2.24, 2.45) is 0 Å². The van der Waals surface area contributed by atoms with Crippen molar-refractivity contribution < 1.29 is 8.42 Å². The molecule has 0 saturated carbocycles. The molecule has 0 radical (unpaired) electrons. The Morgan fingerprint density at radius 1 is 1.10 bits per heavy atom. The number of nitrogens with zero attached hydrogens (tertiary/aromatic N) is 2. The number of benzene rings is 1. The van der Waals surface area contributed by atoms with Gasteiger partial charge in [0.15, 0.2) is 0 Å². The number of sulfonamides is 1. The van der Waals surface area contributed by atoms with Gasteiger partial charge >= 0.3 is 0 Å². The van der Waals surface area contributed by atoms with Crippen LogP contribution < -0.4 is 10.5 Å². The highest BCUT2D eigenvalue weighted by atomic mass is 32.2. The molecule has 112 valence electrons. The number of aromatic nitrogens is 2. The van der Waals surface area contributed by atoms with Crippen molar-refractivity contribution in [1.29, 1.82) is 0 Å². The van der Waals surface area contributed by atoms with Gasteiger partial charge in [0.05, 0.1) is 4.90 Å². The van der Waals surface area contributed by atoms with Crippen LogP contribution in [0.1, 0.15) is 20.8 Å². The Morgan fingerprint density at radius 2 is 1.67 bits per heavy atom. The average molecular weight is 306 g/mol. The number of nitrogens with two attached hydrogens (primary N) is 1. The second-order valence-corrected chi connectivity index (χ2v) is 7.33. The molecule has 0 bridgehead atoms. The normalized spacial score (nSPS) is 12.3. The Bertz CT molecular complexity index is 734. The molecular weight excluding hydrogens is 288 g/mol. The number of hydrogen-bond donors (Lipinski definition) is 2. The third-order valence-corrected chi connectivity index (χ3v) is 4.42. The number of anilines is 1. The van der Waals surface area contributed by atoms with Crippen molar-refractivity contribution in [2.75, 3.05) is 5.73 Å². The Kier molecular flexibility index (Phi) is 3.97. The fourth-order valence-electron chi connectivity index (χ4n) is 1.87. The van der Waals surface area contributed by atoms with Crippen LogP contribution in [0.5, 0.6) is 0 Å². The van der Waals surface area contributed by atoms with Crippen LogP contribution in [-0.4, -0.2) is 23.9 Å². The number of rotatable bonds is 3. The summed E-state index contributed by atoms with van der Waals surface area (Å²) in [5.41, 5.74) is 6.03. The van der Waals surface area contributed by atoms with Gasteiger partial charge in [-0.2, -0.15) is 0 Å².